The second-order valence-electron chi connectivity index (χ2n) is 5.83. The fourth-order valence-corrected chi connectivity index (χ4v) is 4.21. The third-order valence-corrected chi connectivity index (χ3v) is 5.60. The molecule has 1 aromatic rings. The lowest BCUT2D eigenvalue weighted by molar-refractivity contribution is 0.554. The Bertz CT molecular complexity index is 541. The fourth-order valence-electron chi connectivity index (χ4n) is 2.41. The minimum Gasteiger partial charge on any atom is -0.211 e. The van der Waals surface area contributed by atoms with Crippen LogP contribution in [0.25, 0.3) is 0 Å². The second kappa shape index (κ2) is 11.3. The standard InChI is InChI=1S/C17H27Cl2NO2S/c1-2-3-4-5-6-7-8-9-10-11-20-23(21,22)17-13-15(18)12-16(19)14-17/h12-14,20H,2-11H2,1H3. The molecular weight excluding hydrogens is 353 g/mol. The van der Waals surface area contributed by atoms with Gasteiger partial charge in [-0.05, 0) is 24.6 Å². The van der Waals surface area contributed by atoms with Crippen LogP contribution in [0.2, 0.25) is 10.0 Å². The molecule has 0 bridgehead atoms. The number of unbranched alkanes of at least 4 members (excludes halogenated alkanes) is 8. The van der Waals surface area contributed by atoms with E-state index in [2.05, 4.69) is 11.6 Å². The van der Waals surface area contributed by atoms with Crippen LogP contribution in [0.5, 0.6) is 0 Å². The lowest BCUT2D eigenvalue weighted by Crippen LogP contribution is -2.24. The van der Waals surface area contributed by atoms with Crippen molar-refractivity contribution >= 4 is 33.2 Å². The third-order valence-electron chi connectivity index (χ3n) is 3.72. The molecule has 0 amide bonds. The van der Waals surface area contributed by atoms with Gasteiger partial charge in [0.2, 0.25) is 10.0 Å². The highest BCUT2D eigenvalue weighted by Crippen LogP contribution is 2.22. The Morgan fingerprint density at radius 2 is 1.30 bits per heavy atom. The molecule has 6 heteroatoms. The lowest BCUT2D eigenvalue weighted by Gasteiger charge is -2.08. The summed E-state index contributed by atoms with van der Waals surface area (Å²) >= 11 is 11.7. The number of hydrogen-bond donors (Lipinski definition) is 1. The predicted octanol–water partition coefficient (Wildman–Crippen LogP) is 5.80. The van der Waals surface area contributed by atoms with Crippen LogP contribution in [0.3, 0.4) is 0 Å². The SMILES string of the molecule is CCCCCCCCCCCNS(=O)(=O)c1cc(Cl)cc(Cl)c1. The Balaban J connectivity index is 2.19. The molecule has 0 atom stereocenters. The summed E-state index contributed by atoms with van der Waals surface area (Å²) in [6, 6.07) is 4.33. The number of halogens is 2. The van der Waals surface area contributed by atoms with Gasteiger partial charge in [-0.3, -0.25) is 0 Å². The summed E-state index contributed by atoms with van der Waals surface area (Å²) in [5, 5.41) is 0.641. The van der Waals surface area contributed by atoms with Gasteiger partial charge >= 0.3 is 0 Å². The zero-order chi connectivity index (χ0) is 17.1. The van der Waals surface area contributed by atoms with Crippen molar-refractivity contribution in [1.82, 2.24) is 4.72 Å². The van der Waals surface area contributed by atoms with E-state index in [1.54, 1.807) is 0 Å². The van der Waals surface area contributed by atoms with Gasteiger partial charge in [0.25, 0.3) is 0 Å². The first-order valence-corrected chi connectivity index (χ1v) is 10.7. The van der Waals surface area contributed by atoms with Crippen molar-refractivity contribution in [3.63, 3.8) is 0 Å². The molecule has 23 heavy (non-hydrogen) atoms. The highest BCUT2D eigenvalue weighted by molar-refractivity contribution is 7.89. The fraction of sp³-hybridized carbons (Fsp3) is 0.647. The Kier molecular flexibility index (Phi) is 10.2. The monoisotopic (exact) mass is 379 g/mol. The molecule has 0 saturated heterocycles. The Labute approximate surface area is 150 Å². The van der Waals surface area contributed by atoms with Crippen LogP contribution < -0.4 is 4.72 Å². The van der Waals surface area contributed by atoms with Crippen LogP contribution in [0.1, 0.15) is 64.7 Å². The zero-order valence-corrected chi connectivity index (χ0v) is 16.1. The molecule has 0 spiro atoms. The molecule has 0 heterocycles. The van der Waals surface area contributed by atoms with E-state index in [0.29, 0.717) is 16.6 Å². The summed E-state index contributed by atoms with van der Waals surface area (Å²) in [6.45, 7) is 2.67. The Morgan fingerprint density at radius 3 is 1.83 bits per heavy atom. The van der Waals surface area contributed by atoms with Gasteiger partial charge in [0.05, 0.1) is 4.90 Å². The lowest BCUT2D eigenvalue weighted by atomic mass is 10.1. The van der Waals surface area contributed by atoms with Gasteiger partial charge in [-0.15, -0.1) is 0 Å². The number of sulfonamides is 1. The molecule has 0 fully saturated rings. The zero-order valence-electron chi connectivity index (χ0n) is 13.8. The van der Waals surface area contributed by atoms with E-state index in [0.717, 1.165) is 19.3 Å². The summed E-state index contributed by atoms with van der Waals surface area (Å²) in [4.78, 5) is 0.117. The molecule has 0 aliphatic heterocycles. The molecule has 0 radical (unpaired) electrons. The van der Waals surface area contributed by atoms with Crippen LogP contribution in [0, 0.1) is 0 Å². The third kappa shape index (κ3) is 8.94. The average molecular weight is 380 g/mol. The summed E-state index contributed by atoms with van der Waals surface area (Å²) < 4.78 is 26.9. The first-order chi connectivity index (χ1) is 11.0. The van der Waals surface area contributed by atoms with Gasteiger partial charge in [0, 0.05) is 16.6 Å². The normalized spacial score (nSPS) is 11.8. The average Bonchev–Trinajstić information content (AvgIpc) is 2.48. The van der Waals surface area contributed by atoms with Crippen molar-refractivity contribution < 1.29 is 8.42 Å². The molecule has 1 aromatic carbocycles. The summed E-state index contributed by atoms with van der Waals surface area (Å²) in [5.41, 5.74) is 0. The van der Waals surface area contributed by atoms with Gasteiger partial charge < -0.3 is 0 Å². The van der Waals surface area contributed by atoms with E-state index in [1.807, 2.05) is 0 Å². The number of hydrogen-bond acceptors (Lipinski definition) is 2. The Hall–Kier alpha value is -0.290. The molecule has 0 aromatic heterocycles. The molecule has 1 N–H and O–H groups in total. The second-order valence-corrected chi connectivity index (χ2v) is 8.47. The topological polar surface area (TPSA) is 46.2 Å². The first-order valence-electron chi connectivity index (χ1n) is 8.41. The van der Waals surface area contributed by atoms with Gasteiger partial charge in [-0.1, -0.05) is 81.5 Å². The minimum absolute atomic E-state index is 0.117. The maximum absolute atomic E-state index is 12.1. The molecule has 3 nitrogen and oxygen atoms in total. The molecule has 0 aliphatic carbocycles. The van der Waals surface area contributed by atoms with Gasteiger partial charge in [0.15, 0.2) is 0 Å². The van der Waals surface area contributed by atoms with Crippen molar-refractivity contribution in [2.24, 2.45) is 0 Å². The van der Waals surface area contributed by atoms with E-state index in [-0.39, 0.29) is 4.90 Å². The summed E-state index contributed by atoms with van der Waals surface area (Å²) in [7, 11) is -3.53. The molecule has 0 unspecified atom stereocenters. The highest BCUT2D eigenvalue weighted by Gasteiger charge is 2.14. The number of rotatable bonds is 12. The molecule has 0 saturated carbocycles. The van der Waals surface area contributed by atoms with Gasteiger partial charge in [-0.2, -0.15) is 0 Å². The molecule has 0 aliphatic rings. The van der Waals surface area contributed by atoms with Crippen LogP contribution in [-0.4, -0.2) is 15.0 Å². The summed E-state index contributed by atoms with van der Waals surface area (Å²) in [5.74, 6) is 0. The quantitative estimate of drug-likeness (QED) is 0.466. The van der Waals surface area contributed by atoms with E-state index >= 15 is 0 Å². The Morgan fingerprint density at radius 1 is 0.826 bits per heavy atom. The molecule has 1 rings (SSSR count). The maximum atomic E-state index is 12.1. The van der Waals surface area contributed by atoms with Crippen molar-refractivity contribution in [2.45, 2.75) is 69.6 Å². The highest BCUT2D eigenvalue weighted by atomic mass is 35.5. The molecule has 132 valence electrons. The van der Waals surface area contributed by atoms with E-state index in [9.17, 15) is 8.42 Å². The van der Waals surface area contributed by atoms with Crippen molar-refractivity contribution in [2.75, 3.05) is 6.54 Å². The van der Waals surface area contributed by atoms with Crippen molar-refractivity contribution in [3.8, 4) is 0 Å². The van der Waals surface area contributed by atoms with Crippen LogP contribution in [0.15, 0.2) is 23.1 Å². The smallest absolute Gasteiger partial charge is 0.211 e. The maximum Gasteiger partial charge on any atom is 0.240 e. The largest absolute Gasteiger partial charge is 0.240 e. The minimum atomic E-state index is -3.53. The summed E-state index contributed by atoms with van der Waals surface area (Å²) in [6.07, 6.45) is 10.8. The number of nitrogens with one attached hydrogen (secondary N) is 1. The van der Waals surface area contributed by atoms with E-state index in [4.69, 9.17) is 23.2 Å². The van der Waals surface area contributed by atoms with E-state index in [1.165, 1.54) is 56.7 Å². The molecular formula is C17H27Cl2NO2S. The first kappa shape index (κ1) is 20.8. The van der Waals surface area contributed by atoms with E-state index < -0.39 is 10.0 Å². The van der Waals surface area contributed by atoms with Crippen LogP contribution >= 0.6 is 23.2 Å². The van der Waals surface area contributed by atoms with Crippen LogP contribution in [-0.2, 0) is 10.0 Å². The van der Waals surface area contributed by atoms with Crippen molar-refractivity contribution in [3.05, 3.63) is 28.2 Å². The number of benzene rings is 1. The van der Waals surface area contributed by atoms with Gasteiger partial charge in [0.1, 0.15) is 0 Å². The van der Waals surface area contributed by atoms with Crippen molar-refractivity contribution in [1.29, 1.82) is 0 Å². The predicted molar refractivity (Wildman–Crippen MR) is 98.9 cm³/mol. The van der Waals surface area contributed by atoms with Crippen LogP contribution in [0.4, 0.5) is 0 Å². The van der Waals surface area contributed by atoms with Gasteiger partial charge in [-0.25, -0.2) is 13.1 Å².